The third-order valence-corrected chi connectivity index (χ3v) is 4.99. The van der Waals surface area contributed by atoms with Crippen molar-refractivity contribution in [2.24, 2.45) is 4.99 Å². The van der Waals surface area contributed by atoms with Gasteiger partial charge in [0.1, 0.15) is 0 Å². The maximum atomic E-state index is 10.9. The largest absolute Gasteiger partial charge is 0.478 e. The van der Waals surface area contributed by atoms with Crippen LogP contribution in [0.3, 0.4) is 0 Å². The van der Waals surface area contributed by atoms with E-state index in [0.29, 0.717) is 0 Å². The number of nitrogens with zero attached hydrogens (tertiary/aromatic N) is 1. The van der Waals surface area contributed by atoms with E-state index in [1.165, 1.54) is 5.56 Å². The molecule has 0 aliphatic carbocycles. The summed E-state index contributed by atoms with van der Waals surface area (Å²) in [6.07, 6.45) is 3.02. The van der Waals surface area contributed by atoms with Gasteiger partial charge in [-0.1, -0.05) is 31.8 Å². The minimum atomic E-state index is -0.931. The number of carbonyl (C=O) groups is 1. The first-order valence-electron chi connectivity index (χ1n) is 8.00. The fourth-order valence-electron chi connectivity index (χ4n) is 2.88. The maximum absolute atomic E-state index is 10.9. The summed E-state index contributed by atoms with van der Waals surface area (Å²) in [4.78, 5) is 15.6. The van der Waals surface area contributed by atoms with Crippen LogP contribution in [0.1, 0.15) is 47.3 Å². The molecule has 0 bridgehead atoms. The Kier molecular flexibility index (Phi) is 4.69. The van der Waals surface area contributed by atoms with Gasteiger partial charge < -0.3 is 5.11 Å². The van der Waals surface area contributed by atoms with Crippen LogP contribution in [0.2, 0.25) is 0 Å². The Morgan fingerprint density at radius 2 is 1.76 bits per heavy atom. The molecule has 0 spiro atoms. The number of fused-ring (bicyclic) bond motifs is 1. The van der Waals surface area contributed by atoms with E-state index in [2.05, 4.69) is 38.0 Å². The highest BCUT2D eigenvalue weighted by Gasteiger charge is 2.29. The molecule has 2 aromatic rings. The Morgan fingerprint density at radius 1 is 1.12 bits per heavy atom. The van der Waals surface area contributed by atoms with Crippen LogP contribution in [0, 0.1) is 11.8 Å². The van der Waals surface area contributed by atoms with Crippen LogP contribution in [-0.2, 0) is 5.41 Å². The molecule has 0 saturated heterocycles. The van der Waals surface area contributed by atoms with Gasteiger partial charge in [-0.15, -0.1) is 11.8 Å². The number of hydrogen-bond donors (Lipinski definition) is 1. The van der Waals surface area contributed by atoms with Gasteiger partial charge in [-0.3, -0.25) is 0 Å². The van der Waals surface area contributed by atoms with E-state index in [-0.39, 0.29) is 11.0 Å². The normalized spacial score (nSPS) is 14.8. The number of benzene rings is 2. The minimum absolute atomic E-state index is 0.0774. The quantitative estimate of drug-likeness (QED) is 0.748. The lowest BCUT2D eigenvalue weighted by atomic mass is 9.79. The molecule has 1 heterocycles. The predicted octanol–water partition coefficient (Wildman–Crippen LogP) is 4.86. The van der Waals surface area contributed by atoms with Crippen molar-refractivity contribution in [1.29, 1.82) is 0 Å². The molecule has 1 aliphatic rings. The number of aromatic carboxylic acids is 1. The Bertz CT molecular complexity index is 915. The van der Waals surface area contributed by atoms with Gasteiger partial charge in [0.15, 0.2) is 0 Å². The number of thioether (sulfide) groups is 1. The zero-order valence-electron chi connectivity index (χ0n) is 14.5. The molecule has 4 heteroatoms. The van der Waals surface area contributed by atoms with Gasteiger partial charge in [0.05, 0.1) is 16.3 Å². The molecule has 126 valence electrons. The van der Waals surface area contributed by atoms with E-state index in [1.807, 2.05) is 12.1 Å². The fourth-order valence-corrected chi connectivity index (χ4v) is 3.57. The number of hydrogen-bond acceptors (Lipinski definition) is 3. The highest BCUT2D eigenvalue weighted by molar-refractivity contribution is 8.13. The van der Waals surface area contributed by atoms with Crippen molar-refractivity contribution in [1.82, 2.24) is 0 Å². The van der Waals surface area contributed by atoms with Crippen molar-refractivity contribution in [2.45, 2.75) is 25.7 Å². The smallest absolute Gasteiger partial charge is 0.335 e. The lowest BCUT2D eigenvalue weighted by molar-refractivity contribution is 0.0697. The molecule has 0 amide bonds. The lowest BCUT2D eigenvalue weighted by Gasteiger charge is -2.31. The average molecular weight is 349 g/mol. The molecule has 0 radical (unpaired) electrons. The summed E-state index contributed by atoms with van der Waals surface area (Å²) in [5.41, 5.74) is 4.28. The van der Waals surface area contributed by atoms with Gasteiger partial charge in [-0.25, -0.2) is 9.79 Å². The summed E-state index contributed by atoms with van der Waals surface area (Å²) in [7, 11) is 0. The first kappa shape index (κ1) is 17.3. The van der Waals surface area contributed by atoms with Crippen LogP contribution >= 0.6 is 11.8 Å². The van der Waals surface area contributed by atoms with Crippen molar-refractivity contribution in [3.05, 3.63) is 64.7 Å². The molecule has 0 unspecified atom stereocenters. The predicted molar refractivity (Wildman–Crippen MR) is 104 cm³/mol. The summed E-state index contributed by atoms with van der Waals surface area (Å²) < 4.78 is 0. The Hall–Kier alpha value is -2.51. The van der Waals surface area contributed by atoms with E-state index < -0.39 is 5.97 Å². The van der Waals surface area contributed by atoms with Gasteiger partial charge in [0.25, 0.3) is 0 Å². The second-order valence-corrected chi connectivity index (χ2v) is 7.51. The van der Waals surface area contributed by atoms with Crippen molar-refractivity contribution in [3.8, 4) is 11.8 Å². The molecule has 0 fully saturated rings. The van der Waals surface area contributed by atoms with Crippen LogP contribution in [0.4, 0.5) is 5.69 Å². The third kappa shape index (κ3) is 3.78. The topological polar surface area (TPSA) is 49.7 Å². The highest BCUT2D eigenvalue weighted by atomic mass is 32.2. The first-order chi connectivity index (χ1) is 11.9. The third-order valence-electron chi connectivity index (χ3n) is 4.28. The Labute approximate surface area is 152 Å². The van der Waals surface area contributed by atoms with Crippen LogP contribution in [0.25, 0.3) is 0 Å². The standard InChI is InChI=1S/C21H19NO2S/c1-21(2)13-19(25-3)22-18-12-15(8-11-17(18)21)5-4-14-6-9-16(10-7-14)20(23)24/h6-12H,13H2,1-3H3,(H,23,24). The lowest BCUT2D eigenvalue weighted by Crippen LogP contribution is -2.23. The minimum Gasteiger partial charge on any atom is -0.478 e. The first-order valence-corrected chi connectivity index (χ1v) is 9.23. The number of rotatable bonds is 1. The molecule has 0 atom stereocenters. The van der Waals surface area contributed by atoms with Crippen molar-refractivity contribution < 1.29 is 9.90 Å². The fraction of sp³-hybridized carbons (Fsp3) is 0.238. The van der Waals surface area contributed by atoms with Crippen molar-refractivity contribution in [2.75, 3.05) is 6.26 Å². The molecule has 25 heavy (non-hydrogen) atoms. The van der Waals surface area contributed by atoms with E-state index in [0.717, 1.165) is 28.3 Å². The molecule has 1 aliphatic heterocycles. The molecular weight excluding hydrogens is 330 g/mol. The SMILES string of the molecule is CSC1=Nc2cc(C#Cc3ccc(C(=O)O)cc3)ccc2C(C)(C)C1. The molecule has 0 aromatic heterocycles. The zero-order chi connectivity index (χ0) is 18.0. The van der Waals surface area contributed by atoms with Crippen LogP contribution in [0.5, 0.6) is 0 Å². The number of carboxylic acids is 1. The van der Waals surface area contributed by atoms with Gasteiger partial charge in [0, 0.05) is 17.5 Å². The zero-order valence-corrected chi connectivity index (χ0v) is 15.3. The summed E-state index contributed by atoms with van der Waals surface area (Å²) in [6.45, 7) is 4.48. The summed E-state index contributed by atoms with van der Waals surface area (Å²) >= 11 is 1.70. The highest BCUT2D eigenvalue weighted by Crippen LogP contribution is 2.41. The van der Waals surface area contributed by atoms with Gasteiger partial charge in [-0.05, 0) is 53.6 Å². The van der Waals surface area contributed by atoms with Crippen LogP contribution in [-0.4, -0.2) is 22.4 Å². The van der Waals surface area contributed by atoms with Crippen LogP contribution < -0.4 is 0 Å². The Balaban J connectivity index is 1.91. The molecule has 0 saturated carbocycles. The van der Waals surface area contributed by atoms with E-state index in [1.54, 1.807) is 36.0 Å². The molecule has 3 nitrogen and oxygen atoms in total. The molecule has 1 N–H and O–H groups in total. The maximum Gasteiger partial charge on any atom is 0.335 e. The average Bonchev–Trinajstić information content (AvgIpc) is 2.59. The van der Waals surface area contributed by atoms with E-state index in [9.17, 15) is 4.79 Å². The summed E-state index contributed by atoms with van der Waals surface area (Å²) in [6, 6.07) is 12.8. The monoisotopic (exact) mass is 349 g/mol. The van der Waals surface area contributed by atoms with E-state index in [4.69, 9.17) is 10.1 Å². The molecule has 2 aromatic carbocycles. The molecular formula is C21H19NO2S. The Morgan fingerprint density at radius 3 is 2.40 bits per heavy atom. The van der Waals surface area contributed by atoms with Crippen LogP contribution in [0.15, 0.2) is 47.5 Å². The second kappa shape index (κ2) is 6.78. The number of aliphatic imine (C=N–C) groups is 1. The van der Waals surface area contributed by atoms with Gasteiger partial charge >= 0.3 is 5.97 Å². The van der Waals surface area contributed by atoms with Gasteiger partial charge in [0.2, 0.25) is 0 Å². The van der Waals surface area contributed by atoms with Crippen molar-refractivity contribution in [3.63, 3.8) is 0 Å². The van der Waals surface area contributed by atoms with Crippen molar-refractivity contribution >= 4 is 28.5 Å². The summed E-state index contributed by atoms with van der Waals surface area (Å²) in [5, 5.41) is 10.1. The second-order valence-electron chi connectivity index (χ2n) is 6.63. The number of carboxylic acid groups (broad SMARTS) is 1. The van der Waals surface area contributed by atoms with Gasteiger partial charge in [-0.2, -0.15) is 0 Å². The summed E-state index contributed by atoms with van der Waals surface area (Å²) in [5.74, 6) is 5.30. The van der Waals surface area contributed by atoms with E-state index >= 15 is 0 Å². The molecule has 3 rings (SSSR count).